The van der Waals surface area contributed by atoms with Gasteiger partial charge in [-0.2, -0.15) is 0 Å². The van der Waals surface area contributed by atoms with Crippen molar-refractivity contribution in [2.24, 2.45) is 10.4 Å². The molecule has 0 aliphatic heterocycles. The normalized spacial score (nSPS) is 12.6. The minimum atomic E-state index is -0.271. The lowest BCUT2D eigenvalue weighted by molar-refractivity contribution is 0.0919. The molecule has 164 valence electrons. The van der Waals surface area contributed by atoms with Gasteiger partial charge in [-0.15, -0.1) is 0 Å². The predicted molar refractivity (Wildman–Crippen MR) is 121 cm³/mol. The monoisotopic (exact) mass is 404 g/mol. The molecule has 0 atom stereocenters. The molecular weight excluding hydrogens is 364 g/mol. The van der Waals surface area contributed by atoms with Crippen LogP contribution in [0.2, 0.25) is 0 Å². The van der Waals surface area contributed by atoms with Gasteiger partial charge in [0.15, 0.2) is 5.96 Å². The molecule has 0 radical (unpaired) electrons. The van der Waals surface area contributed by atoms with Crippen molar-refractivity contribution in [1.82, 2.24) is 16.0 Å². The lowest BCUT2D eigenvalue weighted by Gasteiger charge is -2.32. The lowest BCUT2D eigenvalue weighted by Crippen LogP contribution is -2.43. The van der Waals surface area contributed by atoms with Crippen molar-refractivity contribution in [3.63, 3.8) is 0 Å². The molecule has 0 saturated heterocycles. The zero-order chi connectivity index (χ0) is 21.9. The summed E-state index contributed by atoms with van der Waals surface area (Å²) in [6, 6.07) is 7.59. The topological polar surface area (TPSA) is 85.8 Å². The van der Waals surface area contributed by atoms with Crippen LogP contribution in [0.1, 0.15) is 76.7 Å². The van der Waals surface area contributed by atoms with Gasteiger partial charge in [0.1, 0.15) is 0 Å². The summed E-state index contributed by atoms with van der Waals surface area (Å²) in [4.78, 5) is 17.1. The number of aliphatic hydroxyl groups excluding tert-OH is 1. The molecule has 4 N–H and O–H groups in total. The van der Waals surface area contributed by atoms with Crippen LogP contribution in [-0.2, 0) is 6.54 Å². The van der Waals surface area contributed by atoms with Gasteiger partial charge >= 0.3 is 0 Å². The molecule has 1 aromatic rings. The zero-order valence-corrected chi connectivity index (χ0v) is 19.1. The van der Waals surface area contributed by atoms with E-state index in [9.17, 15) is 9.90 Å². The van der Waals surface area contributed by atoms with Gasteiger partial charge in [0.25, 0.3) is 5.91 Å². The first-order valence-electron chi connectivity index (χ1n) is 10.7. The van der Waals surface area contributed by atoms with Crippen LogP contribution in [0.15, 0.2) is 29.3 Å². The van der Waals surface area contributed by atoms with E-state index in [1.165, 1.54) is 0 Å². The second-order valence-corrected chi connectivity index (χ2v) is 8.63. The molecule has 0 saturated carbocycles. The van der Waals surface area contributed by atoms with Crippen molar-refractivity contribution in [3.8, 4) is 0 Å². The zero-order valence-electron chi connectivity index (χ0n) is 19.1. The maximum Gasteiger partial charge on any atom is 0.251 e. The molecule has 0 unspecified atom stereocenters. The highest BCUT2D eigenvalue weighted by Gasteiger charge is 2.25. The second kappa shape index (κ2) is 11.8. The molecule has 29 heavy (non-hydrogen) atoms. The fraction of sp³-hybridized carbons (Fsp3) is 0.652. The summed E-state index contributed by atoms with van der Waals surface area (Å²) in [5, 5.41) is 19.1. The molecule has 0 aliphatic rings. The van der Waals surface area contributed by atoms with E-state index in [4.69, 9.17) is 4.99 Å². The maximum absolute atomic E-state index is 12.4. The van der Waals surface area contributed by atoms with Crippen LogP contribution in [0.25, 0.3) is 0 Å². The Morgan fingerprint density at radius 1 is 1.10 bits per heavy atom. The third-order valence-corrected chi connectivity index (χ3v) is 5.21. The van der Waals surface area contributed by atoms with Crippen molar-refractivity contribution < 1.29 is 9.90 Å². The van der Waals surface area contributed by atoms with Crippen molar-refractivity contribution in [1.29, 1.82) is 0 Å². The van der Waals surface area contributed by atoms with E-state index >= 15 is 0 Å². The molecule has 0 bridgehead atoms. The van der Waals surface area contributed by atoms with Gasteiger partial charge in [-0.25, -0.2) is 4.99 Å². The molecule has 1 amide bonds. The van der Waals surface area contributed by atoms with Gasteiger partial charge in [0.05, 0.1) is 6.54 Å². The molecule has 0 aromatic heterocycles. The van der Waals surface area contributed by atoms with Crippen LogP contribution >= 0.6 is 0 Å². The Bertz CT molecular complexity index is 661. The molecular formula is C23H40N4O2. The van der Waals surface area contributed by atoms with Gasteiger partial charge in [-0.1, -0.05) is 26.0 Å². The fourth-order valence-corrected chi connectivity index (χ4v) is 3.19. The summed E-state index contributed by atoms with van der Waals surface area (Å²) in [6.07, 6.45) is 2.78. The van der Waals surface area contributed by atoms with Crippen molar-refractivity contribution >= 4 is 11.9 Å². The number of rotatable bonds is 10. The molecule has 0 fully saturated rings. The Labute approximate surface area is 176 Å². The number of aliphatic hydroxyl groups is 1. The molecule has 1 rings (SSSR count). The van der Waals surface area contributed by atoms with Crippen molar-refractivity contribution in [3.05, 3.63) is 35.4 Å². The summed E-state index contributed by atoms with van der Waals surface area (Å²) in [7, 11) is 0. The smallest absolute Gasteiger partial charge is 0.251 e. The summed E-state index contributed by atoms with van der Waals surface area (Å²) in [5.74, 6) is 0.675. The van der Waals surface area contributed by atoms with E-state index < -0.39 is 0 Å². The summed E-state index contributed by atoms with van der Waals surface area (Å²) in [6.45, 7) is 14.5. The van der Waals surface area contributed by atoms with Crippen LogP contribution in [0.5, 0.6) is 0 Å². The van der Waals surface area contributed by atoms with E-state index in [0.29, 0.717) is 12.1 Å². The van der Waals surface area contributed by atoms with E-state index in [0.717, 1.165) is 43.9 Å². The molecule has 1 aromatic carbocycles. The second-order valence-electron chi connectivity index (χ2n) is 8.63. The Morgan fingerprint density at radius 3 is 2.34 bits per heavy atom. The first-order valence-corrected chi connectivity index (χ1v) is 10.7. The number of hydrogen-bond acceptors (Lipinski definition) is 3. The third kappa shape index (κ3) is 8.86. The van der Waals surface area contributed by atoms with Gasteiger partial charge in [0, 0.05) is 30.8 Å². The number of amides is 1. The molecule has 6 heteroatoms. The first-order chi connectivity index (χ1) is 13.7. The predicted octanol–water partition coefficient (Wildman–Crippen LogP) is 3.46. The quantitative estimate of drug-likeness (QED) is 0.355. The van der Waals surface area contributed by atoms with Gasteiger partial charge in [0.2, 0.25) is 0 Å². The van der Waals surface area contributed by atoms with E-state index in [-0.39, 0.29) is 23.5 Å². The Balaban J connectivity index is 2.85. The number of carbonyl (C=O) groups excluding carboxylic acids is 1. The summed E-state index contributed by atoms with van der Waals surface area (Å²) in [5.41, 5.74) is 1.42. The average Bonchev–Trinajstić information content (AvgIpc) is 2.68. The first kappa shape index (κ1) is 25.0. The van der Waals surface area contributed by atoms with Crippen LogP contribution < -0.4 is 16.0 Å². The van der Waals surface area contributed by atoms with E-state index in [1.54, 1.807) is 0 Å². The molecule has 0 aliphatic carbocycles. The molecule has 6 nitrogen and oxygen atoms in total. The van der Waals surface area contributed by atoms with Crippen LogP contribution in [-0.4, -0.2) is 42.2 Å². The third-order valence-electron chi connectivity index (χ3n) is 5.21. The van der Waals surface area contributed by atoms with Crippen LogP contribution in [0.3, 0.4) is 0 Å². The highest BCUT2D eigenvalue weighted by Crippen LogP contribution is 2.29. The minimum absolute atomic E-state index is 0.0654. The standard InChI is InChI=1S/C23H40N4O2/c1-7-23(8-2,13-14-28)17-26-21(24-9-3)25-16-18-11-10-12-19(15-18)20(29)27-22(4,5)6/h10-12,15,28H,7-9,13-14,16-17H2,1-6H3,(H,27,29)(H2,24,25,26). The molecule has 0 heterocycles. The maximum atomic E-state index is 12.4. The number of hydrogen-bond donors (Lipinski definition) is 4. The summed E-state index contributed by atoms with van der Waals surface area (Å²) >= 11 is 0. The minimum Gasteiger partial charge on any atom is -0.396 e. The van der Waals surface area contributed by atoms with E-state index in [1.807, 2.05) is 52.0 Å². The number of aliphatic imine (C=N–C) groups is 1. The van der Waals surface area contributed by atoms with Crippen LogP contribution in [0, 0.1) is 5.41 Å². The Hall–Kier alpha value is -2.08. The van der Waals surface area contributed by atoms with E-state index in [2.05, 4.69) is 29.8 Å². The number of guanidine groups is 1. The number of carbonyl (C=O) groups is 1. The average molecular weight is 405 g/mol. The van der Waals surface area contributed by atoms with Crippen molar-refractivity contribution in [2.45, 2.75) is 72.9 Å². The Morgan fingerprint density at radius 2 is 1.79 bits per heavy atom. The number of nitrogens with zero attached hydrogens (tertiary/aromatic N) is 1. The highest BCUT2D eigenvalue weighted by atomic mass is 16.3. The van der Waals surface area contributed by atoms with Gasteiger partial charge < -0.3 is 21.1 Å². The largest absolute Gasteiger partial charge is 0.396 e. The SMILES string of the molecule is CCNC(=NCc1cccc(C(=O)NC(C)(C)C)c1)NCC(CC)(CC)CCO. The van der Waals surface area contributed by atoms with Crippen LogP contribution in [0.4, 0.5) is 0 Å². The molecule has 0 spiro atoms. The number of benzene rings is 1. The van der Waals surface area contributed by atoms with Gasteiger partial charge in [-0.3, -0.25) is 4.79 Å². The number of nitrogens with one attached hydrogen (secondary N) is 3. The lowest BCUT2D eigenvalue weighted by atomic mass is 9.79. The fourth-order valence-electron chi connectivity index (χ4n) is 3.19. The Kier molecular flexibility index (Phi) is 10.2. The van der Waals surface area contributed by atoms with Gasteiger partial charge in [-0.05, 0) is 70.1 Å². The summed E-state index contributed by atoms with van der Waals surface area (Å²) < 4.78 is 0. The highest BCUT2D eigenvalue weighted by molar-refractivity contribution is 5.94. The van der Waals surface area contributed by atoms with Crippen molar-refractivity contribution in [2.75, 3.05) is 19.7 Å².